The minimum atomic E-state index is -0.210. The van der Waals surface area contributed by atoms with E-state index < -0.39 is 0 Å². The van der Waals surface area contributed by atoms with Crippen LogP contribution >= 0.6 is 0 Å². The molecular weight excluding hydrogens is 246 g/mol. The van der Waals surface area contributed by atoms with Crippen molar-refractivity contribution >= 4 is 0 Å². The molecule has 0 aliphatic rings. The van der Waals surface area contributed by atoms with Gasteiger partial charge in [-0.3, -0.25) is 0 Å². The van der Waals surface area contributed by atoms with Crippen LogP contribution in [0.4, 0.5) is 0 Å². The first-order valence-corrected chi connectivity index (χ1v) is 6.97. The van der Waals surface area contributed by atoms with Crippen LogP contribution in [0, 0.1) is 20.8 Å². The topological polar surface area (TPSA) is 51.8 Å². The molecule has 2 rings (SSSR count). The fourth-order valence-electron chi connectivity index (χ4n) is 2.11. The molecule has 2 aromatic rings. The zero-order chi connectivity index (χ0) is 14.9. The number of nitrogens with two attached hydrogens (primary N) is 1. The van der Waals surface area contributed by atoms with Gasteiger partial charge in [0.05, 0.1) is 5.69 Å². The molecule has 0 amide bonds. The van der Waals surface area contributed by atoms with Crippen molar-refractivity contribution < 1.29 is 0 Å². The lowest BCUT2D eigenvalue weighted by Gasteiger charge is -2.22. The number of rotatable bonds is 3. The molecule has 0 spiro atoms. The average Bonchev–Trinajstić information content (AvgIpc) is 2.40. The lowest BCUT2D eigenvalue weighted by molar-refractivity contribution is 0.501. The van der Waals surface area contributed by atoms with Crippen molar-refractivity contribution in [3.8, 4) is 11.3 Å². The molecule has 0 fully saturated rings. The zero-order valence-corrected chi connectivity index (χ0v) is 13.0. The van der Waals surface area contributed by atoms with Crippen molar-refractivity contribution in [3.63, 3.8) is 0 Å². The standard InChI is InChI=1S/C17H23N3/c1-11-6-7-12(2)14(8-11)15-9-13(3)19-16(20-15)17(4,5)10-18/h6-9H,10,18H2,1-5H3. The molecule has 1 heterocycles. The van der Waals surface area contributed by atoms with Crippen molar-refractivity contribution in [2.45, 2.75) is 40.0 Å². The molecule has 0 aliphatic heterocycles. The fourth-order valence-corrected chi connectivity index (χ4v) is 2.11. The monoisotopic (exact) mass is 269 g/mol. The van der Waals surface area contributed by atoms with E-state index in [1.54, 1.807) is 0 Å². The second kappa shape index (κ2) is 5.33. The highest BCUT2D eigenvalue weighted by molar-refractivity contribution is 5.64. The summed E-state index contributed by atoms with van der Waals surface area (Å²) in [4.78, 5) is 9.32. The largest absolute Gasteiger partial charge is 0.329 e. The Labute approximate surface area is 121 Å². The van der Waals surface area contributed by atoms with Gasteiger partial charge < -0.3 is 5.73 Å². The maximum Gasteiger partial charge on any atom is 0.136 e. The van der Waals surface area contributed by atoms with Crippen LogP contribution in [0.5, 0.6) is 0 Å². The lowest BCUT2D eigenvalue weighted by Crippen LogP contribution is -2.30. The molecule has 0 radical (unpaired) electrons. The Morgan fingerprint density at radius 1 is 1.05 bits per heavy atom. The molecule has 0 saturated heterocycles. The SMILES string of the molecule is Cc1ccc(C)c(-c2cc(C)nc(C(C)(C)CN)n2)c1. The summed E-state index contributed by atoms with van der Waals surface area (Å²) in [7, 11) is 0. The van der Waals surface area contributed by atoms with Crippen LogP contribution in [0.1, 0.15) is 36.5 Å². The molecule has 0 unspecified atom stereocenters. The summed E-state index contributed by atoms with van der Waals surface area (Å²) in [6.07, 6.45) is 0. The van der Waals surface area contributed by atoms with E-state index in [0.717, 1.165) is 17.2 Å². The summed E-state index contributed by atoms with van der Waals surface area (Å²) in [5.74, 6) is 0.816. The van der Waals surface area contributed by atoms with Crippen molar-refractivity contribution in [1.29, 1.82) is 0 Å². The fraction of sp³-hybridized carbons (Fsp3) is 0.412. The molecule has 3 nitrogen and oxygen atoms in total. The molecule has 0 saturated carbocycles. The van der Waals surface area contributed by atoms with E-state index in [2.05, 4.69) is 50.9 Å². The second-order valence-corrected chi connectivity index (χ2v) is 6.12. The Balaban J connectivity index is 2.61. The Morgan fingerprint density at radius 2 is 1.75 bits per heavy atom. The van der Waals surface area contributed by atoms with Crippen LogP contribution < -0.4 is 5.73 Å². The van der Waals surface area contributed by atoms with E-state index in [0.29, 0.717) is 6.54 Å². The highest BCUT2D eigenvalue weighted by Crippen LogP contribution is 2.26. The lowest BCUT2D eigenvalue weighted by atomic mass is 9.92. The van der Waals surface area contributed by atoms with Gasteiger partial charge >= 0.3 is 0 Å². The normalized spacial score (nSPS) is 11.7. The average molecular weight is 269 g/mol. The quantitative estimate of drug-likeness (QED) is 0.930. The number of aromatic nitrogens is 2. The smallest absolute Gasteiger partial charge is 0.136 e. The van der Waals surface area contributed by atoms with E-state index in [4.69, 9.17) is 10.7 Å². The van der Waals surface area contributed by atoms with E-state index in [1.807, 2.05) is 13.0 Å². The first-order valence-electron chi connectivity index (χ1n) is 6.97. The van der Waals surface area contributed by atoms with Gasteiger partial charge in [-0.1, -0.05) is 31.5 Å². The summed E-state index contributed by atoms with van der Waals surface area (Å²) in [5, 5.41) is 0. The minimum absolute atomic E-state index is 0.210. The van der Waals surface area contributed by atoms with Gasteiger partial charge in [-0.25, -0.2) is 9.97 Å². The van der Waals surface area contributed by atoms with Crippen molar-refractivity contribution in [2.24, 2.45) is 5.73 Å². The first kappa shape index (κ1) is 14.7. The van der Waals surface area contributed by atoms with Gasteiger partial charge in [-0.15, -0.1) is 0 Å². The Kier molecular flexibility index (Phi) is 3.91. The molecule has 3 heteroatoms. The highest BCUT2D eigenvalue weighted by Gasteiger charge is 2.23. The third kappa shape index (κ3) is 2.88. The molecule has 1 aromatic heterocycles. The van der Waals surface area contributed by atoms with Crippen LogP contribution in [0.2, 0.25) is 0 Å². The molecular formula is C17H23N3. The van der Waals surface area contributed by atoms with Gasteiger partial charge in [-0.05, 0) is 38.5 Å². The van der Waals surface area contributed by atoms with Gasteiger partial charge in [0.1, 0.15) is 5.82 Å². The van der Waals surface area contributed by atoms with Crippen LogP contribution in [0.3, 0.4) is 0 Å². The van der Waals surface area contributed by atoms with Gasteiger partial charge in [-0.2, -0.15) is 0 Å². The summed E-state index contributed by atoms with van der Waals surface area (Å²) in [5.41, 5.74) is 11.2. The van der Waals surface area contributed by atoms with Crippen LogP contribution in [0.25, 0.3) is 11.3 Å². The maximum atomic E-state index is 5.85. The molecule has 106 valence electrons. The number of hydrogen-bond acceptors (Lipinski definition) is 3. The van der Waals surface area contributed by atoms with Crippen molar-refractivity contribution in [1.82, 2.24) is 9.97 Å². The summed E-state index contributed by atoms with van der Waals surface area (Å²) in [6, 6.07) is 8.47. The molecule has 1 aromatic carbocycles. The van der Waals surface area contributed by atoms with Gasteiger partial charge in [0, 0.05) is 23.2 Å². The van der Waals surface area contributed by atoms with Crippen LogP contribution in [0.15, 0.2) is 24.3 Å². The third-order valence-corrected chi connectivity index (χ3v) is 3.64. The van der Waals surface area contributed by atoms with Crippen molar-refractivity contribution in [2.75, 3.05) is 6.54 Å². The predicted molar refractivity (Wildman–Crippen MR) is 83.8 cm³/mol. The van der Waals surface area contributed by atoms with Crippen LogP contribution in [-0.4, -0.2) is 16.5 Å². The molecule has 0 aliphatic carbocycles. The molecule has 0 atom stereocenters. The molecule has 0 bridgehead atoms. The molecule has 20 heavy (non-hydrogen) atoms. The summed E-state index contributed by atoms with van der Waals surface area (Å²) >= 11 is 0. The number of aryl methyl sites for hydroxylation is 3. The van der Waals surface area contributed by atoms with Gasteiger partial charge in [0.2, 0.25) is 0 Å². The predicted octanol–water partition coefficient (Wildman–Crippen LogP) is 3.31. The van der Waals surface area contributed by atoms with E-state index in [1.165, 1.54) is 16.7 Å². The second-order valence-electron chi connectivity index (χ2n) is 6.12. The first-order chi connectivity index (χ1) is 9.33. The third-order valence-electron chi connectivity index (χ3n) is 3.64. The Bertz CT molecular complexity index is 630. The number of benzene rings is 1. The van der Waals surface area contributed by atoms with Crippen molar-refractivity contribution in [3.05, 3.63) is 46.9 Å². The van der Waals surface area contributed by atoms with Gasteiger partial charge in [0.25, 0.3) is 0 Å². The van der Waals surface area contributed by atoms with E-state index in [-0.39, 0.29) is 5.41 Å². The minimum Gasteiger partial charge on any atom is -0.329 e. The highest BCUT2D eigenvalue weighted by atomic mass is 14.9. The van der Waals surface area contributed by atoms with E-state index in [9.17, 15) is 0 Å². The van der Waals surface area contributed by atoms with E-state index >= 15 is 0 Å². The Morgan fingerprint density at radius 3 is 2.40 bits per heavy atom. The summed E-state index contributed by atoms with van der Waals surface area (Å²) < 4.78 is 0. The maximum absolute atomic E-state index is 5.85. The van der Waals surface area contributed by atoms with Crippen LogP contribution in [-0.2, 0) is 5.41 Å². The zero-order valence-electron chi connectivity index (χ0n) is 13.0. The number of hydrogen-bond donors (Lipinski definition) is 1. The number of nitrogens with zero attached hydrogens (tertiary/aromatic N) is 2. The van der Waals surface area contributed by atoms with Gasteiger partial charge in [0.15, 0.2) is 0 Å². The Hall–Kier alpha value is -1.74. The summed E-state index contributed by atoms with van der Waals surface area (Å²) in [6.45, 7) is 10.9. The molecule has 2 N–H and O–H groups in total.